The van der Waals surface area contributed by atoms with Gasteiger partial charge in [-0.05, 0) is 25.2 Å². The molecule has 0 aliphatic heterocycles. The van der Waals surface area contributed by atoms with E-state index in [1.165, 1.54) is 19.3 Å². The van der Waals surface area contributed by atoms with Crippen LogP contribution >= 0.6 is 0 Å². The van der Waals surface area contributed by atoms with Crippen LogP contribution in [-0.2, 0) is 19.1 Å². The molecule has 22 heavy (non-hydrogen) atoms. The Morgan fingerprint density at radius 3 is 2.00 bits per heavy atom. The lowest BCUT2D eigenvalue weighted by Crippen LogP contribution is -2.11. The molecule has 0 aromatic heterocycles. The molecule has 4 heteroatoms. The molecule has 0 bridgehead atoms. The smallest absolute Gasteiger partial charge is 0.305 e. The number of carbonyl (C=O) groups excluding carboxylic acids is 2. The standard InChI is InChI=1S/C18H34O4/c1-4-6-7-8-11-14-21-17(19)12-9-10-13-18(20)22-15-16(3)5-2/h16H,4-15H2,1-3H3. The van der Waals surface area contributed by atoms with E-state index in [0.29, 0.717) is 44.8 Å². The van der Waals surface area contributed by atoms with Gasteiger partial charge in [0.25, 0.3) is 0 Å². The molecule has 0 rings (SSSR count). The van der Waals surface area contributed by atoms with Gasteiger partial charge in [-0.1, -0.05) is 52.9 Å². The second-order valence-electron chi connectivity index (χ2n) is 6.04. The third kappa shape index (κ3) is 13.9. The van der Waals surface area contributed by atoms with Gasteiger partial charge in [-0.2, -0.15) is 0 Å². The van der Waals surface area contributed by atoms with E-state index < -0.39 is 0 Å². The summed E-state index contributed by atoms with van der Waals surface area (Å²) >= 11 is 0. The van der Waals surface area contributed by atoms with Crippen molar-refractivity contribution in [2.75, 3.05) is 13.2 Å². The molecule has 0 N–H and O–H groups in total. The second-order valence-corrected chi connectivity index (χ2v) is 6.04. The van der Waals surface area contributed by atoms with Crippen LogP contribution in [-0.4, -0.2) is 25.2 Å². The van der Waals surface area contributed by atoms with Crippen LogP contribution < -0.4 is 0 Å². The lowest BCUT2D eigenvalue weighted by atomic mass is 10.1. The number of hydrogen-bond acceptors (Lipinski definition) is 4. The van der Waals surface area contributed by atoms with Crippen LogP contribution in [0.1, 0.15) is 85.0 Å². The average molecular weight is 314 g/mol. The van der Waals surface area contributed by atoms with Crippen LogP contribution in [0, 0.1) is 5.92 Å². The first-order chi connectivity index (χ1) is 10.6. The van der Waals surface area contributed by atoms with Gasteiger partial charge in [0.15, 0.2) is 0 Å². The Morgan fingerprint density at radius 1 is 0.818 bits per heavy atom. The van der Waals surface area contributed by atoms with E-state index in [2.05, 4.69) is 20.8 Å². The van der Waals surface area contributed by atoms with Crippen LogP contribution in [0.15, 0.2) is 0 Å². The first kappa shape index (κ1) is 20.9. The topological polar surface area (TPSA) is 52.6 Å². The molecule has 0 spiro atoms. The quantitative estimate of drug-likeness (QED) is 0.346. The zero-order valence-electron chi connectivity index (χ0n) is 14.7. The summed E-state index contributed by atoms with van der Waals surface area (Å²) in [5.74, 6) is 0.101. The van der Waals surface area contributed by atoms with E-state index in [1.54, 1.807) is 0 Å². The number of hydrogen-bond donors (Lipinski definition) is 0. The summed E-state index contributed by atoms with van der Waals surface area (Å²) in [6, 6.07) is 0. The Bertz CT molecular complexity index is 289. The minimum atomic E-state index is -0.162. The third-order valence-electron chi connectivity index (χ3n) is 3.75. The molecule has 0 aromatic carbocycles. The maximum Gasteiger partial charge on any atom is 0.305 e. The van der Waals surface area contributed by atoms with Gasteiger partial charge in [0.1, 0.15) is 0 Å². The Kier molecular flexibility index (Phi) is 14.1. The summed E-state index contributed by atoms with van der Waals surface area (Å²) in [4.78, 5) is 23.0. The van der Waals surface area contributed by atoms with Crippen LogP contribution in [0.5, 0.6) is 0 Å². The van der Waals surface area contributed by atoms with E-state index in [-0.39, 0.29) is 11.9 Å². The number of ether oxygens (including phenoxy) is 2. The molecule has 1 atom stereocenters. The van der Waals surface area contributed by atoms with Gasteiger partial charge in [-0.15, -0.1) is 0 Å². The van der Waals surface area contributed by atoms with Crippen molar-refractivity contribution in [3.8, 4) is 0 Å². The van der Waals surface area contributed by atoms with Crippen molar-refractivity contribution in [2.24, 2.45) is 5.92 Å². The highest BCUT2D eigenvalue weighted by molar-refractivity contribution is 5.70. The summed E-state index contributed by atoms with van der Waals surface area (Å²) in [5.41, 5.74) is 0. The second kappa shape index (κ2) is 14.9. The SMILES string of the molecule is CCCCCCCOC(=O)CCCCC(=O)OCC(C)CC. The van der Waals surface area contributed by atoms with Gasteiger partial charge >= 0.3 is 11.9 Å². The summed E-state index contributed by atoms with van der Waals surface area (Å²) in [6.45, 7) is 7.34. The number of carbonyl (C=O) groups is 2. The van der Waals surface area contributed by atoms with Crippen molar-refractivity contribution in [3.05, 3.63) is 0 Å². The van der Waals surface area contributed by atoms with E-state index in [0.717, 1.165) is 19.3 Å². The molecule has 0 fully saturated rings. The molecule has 130 valence electrons. The van der Waals surface area contributed by atoms with Gasteiger partial charge in [-0.3, -0.25) is 9.59 Å². The molecule has 4 nitrogen and oxygen atoms in total. The number of unbranched alkanes of at least 4 members (excludes halogenated alkanes) is 5. The molecular formula is C18H34O4. The van der Waals surface area contributed by atoms with E-state index >= 15 is 0 Å². The zero-order valence-corrected chi connectivity index (χ0v) is 14.7. The summed E-state index contributed by atoms with van der Waals surface area (Å²) in [6.07, 6.45) is 8.94. The minimum Gasteiger partial charge on any atom is -0.466 e. The van der Waals surface area contributed by atoms with Crippen molar-refractivity contribution in [2.45, 2.75) is 85.0 Å². The summed E-state index contributed by atoms with van der Waals surface area (Å²) < 4.78 is 10.3. The lowest BCUT2D eigenvalue weighted by Gasteiger charge is -2.09. The molecular weight excluding hydrogens is 280 g/mol. The van der Waals surface area contributed by atoms with Crippen LogP contribution in [0.3, 0.4) is 0 Å². The van der Waals surface area contributed by atoms with Gasteiger partial charge in [0, 0.05) is 12.8 Å². The molecule has 0 heterocycles. The molecule has 0 radical (unpaired) electrons. The number of esters is 2. The third-order valence-corrected chi connectivity index (χ3v) is 3.75. The maximum absolute atomic E-state index is 11.5. The fourth-order valence-electron chi connectivity index (χ4n) is 1.93. The van der Waals surface area contributed by atoms with Crippen molar-refractivity contribution in [3.63, 3.8) is 0 Å². The lowest BCUT2D eigenvalue weighted by molar-refractivity contribution is -0.146. The normalized spacial score (nSPS) is 12.0. The maximum atomic E-state index is 11.5. The molecule has 1 unspecified atom stereocenters. The largest absolute Gasteiger partial charge is 0.466 e. The predicted octanol–water partition coefficient (Wildman–Crippen LogP) is 4.65. The molecule has 0 aromatic rings. The van der Waals surface area contributed by atoms with Crippen LogP contribution in [0.4, 0.5) is 0 Å². The van der Waals surface area contributed by atoms with Crippen LogP contribution in [0.25, 0.3) is 0 Å². The summed E-state index contributed by atoms with van der Waals surface area (Å²) in [7, 11) is 0. The first-order valence-electron chi connectivity index (χ1n) is 8.91. The molecule has 0 amide bonds. The van der Waals surface area contributed by atoms with Gasteiger partial charge in [0.05, 0.1) is 13.2 Å². The minimum absolute atomic E-state index is 0.150. The van der Waals surface area contributed by atoms with Crippen molar-refractivity contribution >= 4 is 11.9 Å². The Hall–Kier alpha value is -1.06. The first-order valence-corrected chi connectivity index (χ1v) is 8.91. The van der Waals surface area contributed by atoms with Crippen molar-refractivity contribution in [1.29, 1.82) is 0 Å². The fraction of sp³-hybridized carbons (Fsp3) is 0.889. The van der Waals surface area contributed by atoms with E-state index in [1.807, 2.05) is 0 Å². The van der Waals surface area contributed by atoms with Crippen molar-refractivity contribution in [1.82, 2.24) is 0 Å². The highest BCUT2D eigenvalue weighted by Gasteiger charge is 2.07. The molecule has 0 saturated carbocycles. The Morgan fingerprint density at radius 2 is 1.41 bits per heavy atom. The average Bonchev–Trinajstić information content (AvgIpc) is 2.52. The Balaban J connectivity index is 3.39. The predicted molar refractivity (Wildman–Crippen MR) is 88.6 cm³/mol. The van der Waals surface area contributed by atoms with Crippen molar-refractivity contribution < 1.29 is 19.1 Å². The zero-order chi connectivity index (χ0) is 16.6. The highest BCUT2D eigenvalue weighted by Crippen LogP contribution is 2.07. The molecule has 0 aliphatic carbocycles. The van der Waals surface area contributed by atoms with Gasteiger partial charge in [0.2, 0.25) is 0 Å². The van der Waals surface area contributed by atoms with Crippen LogP contribution in [0.2, 0.25) is 0 Å². The number of rotatable bonds is 14. The van der Waals surface area contributed by atoms with E-state index in [4.69, 9.17) is 9.47 Å². The van der Waals surface area contributed by atoms with Gasteiger partial charge < -0.3 is 9.47 Å². The fourth-order valence-corrected chi connectivity index (χ4v) is 1.93. The Labute approximate surface area is 135 Å². The summed E-state index contributed by atoms with van der Waals surface area (Å²) in [5, 5.41) is 0. The highest BCUT2D eigenvalue weighted by atomic mass is 16.5. The molecule has 0 aliphatic rings. The van der Waals surface area contributed by atoms with E-state index in [9.17, 15) is 9.59 Å². The monoisotopic (exact) mass is 314 g/mol. The molecule has 0 saturated heterocycles. The van der Waals surface area contributed by atoms with Gasteiger partial charge in [-0.25, -0.2) is 0 Å².